The number of hydrogen-bond donors (Lipinski definition) is 1. The molecule has 1 heterocycles. The van der Waals surface area contributed by atoms with Crippen molar-refractivity contribution in [1.29, 1.82) is 0 Å². The number of H-pyrrole nitrogens is 1. The highest BCUT2D eigenvalue weighted by molar-refractivity contribution is 9.10. The molecule has 5 nitrogen and oxygen atoms in total. The van der Waals surface area contributed by atoms with Crippen LogP contribution in [0, 0.1) is 0 Å². The van der Waals surface area contributed by atoms with Crippen molar-refractivity contribution in [1.82, 2.24) is 9.88 Å². The summed E-state index contributed by atoms with van der Waals surface area (Å²) >= 11 is 3.41. The number of ether oxygens (including phenoxy) is 2. The van der Waals surface area contributed by atoms with Gasteiger partial charge in [0.1, 0.15) is 11.5 Å². The molecule has 32 heavy (non-hydrogen) atoms. The predicted molar refractivity (Wildman–Crippen MR) is 130 cm³/mol. The molecule has 0 saturated carbocycles. The Labute approximate surface area is 196 Å². The maximum absolute atomic E-state index is 13.3. The second-order valence-electron chi connectivity index (χ2n) is 7.39. The van der Waals surface area contributed by atoms with Crippen LogP contribution in [0.1, 0.15) is 24.1 Å². The SMILES string of the molecule is CCN(C(=O)COc1ccc(Br)cc1)C(c1ccc(OC)cc1)c1c[nH]c2ccccc12. The van der Waals surface area contributed by atoms with Crippen molar-refractivity contribution in [2.75, 3.05) is 20.3 Å². The van der Waals surface area contributed by atoms with Gasteiger partial charge in [-0.25, -0.2) is 0 Å². The molecule has 0 aliphatic carbocycles. The number of aromatic nitrogens is 1. The van der Waals surface area contributed by atoms with Crippen LogP contribution in [0.25, 0.3) is 10.9 Å². The van der Waals surface area contributed by atoms with Gasteiger partial charge < -0.3 is 19.4 Å². The second kappa shape index (κ2) is 9.92. The molecule has 4 rings (SSSR count). The van der Waals surface area contributed by atoms with E-state index in [1.807, 2.05) is 84.8 Å². The Morgan fingerprint density at radius 1 is 1.00 bits per heavy atom. The summed E-state index contributed by atoms with van der Waals surface area (Å²) in [6.07, 6.45) is 1.99. The number of carbonyl (C=O) groups excluding carboxylic acids is 1. The number of likely N-dealkylation sites (N-methyl/N-ethyl adjacent to an activating group) is 1. The summed E-state index contributed by atoms with van der Waals surface area (Å²) in [6.45, 7) is 2.49. The van der Waals surface area contributed by atoms with Crippen LogP contribution in [-0.2, 0) is 4.79 Å². The number of para-hydroxylation sites is 1. The van der Waals surface area contributed by atoms with Crippen LogP contribution >= 0.6 is 15.9 Å². The van der Waals surface area contributed by atoms with Gasteiger partial charge in [0.15, 0.2) is 6.61 Å². The largest absolute Gasteiger partial charge is 0.497 e. The van der Waals surface area contributed by atoms with Crippen molar-refractivity contribution in [2.24, 2.45) is 0 Å². The highest BCUT2D eigenvalue weighted by Crippen LogP contribution is 2.34. The molecule has 0 aliphatic rings. The summed E-state index contributed by atoms with van der Waals surface area (Å²) in [5, 5.41) is 1.09. The van der Waals surface area contributed by atoms with Crippen molar-refractivity contribution in [2.45, 2.75) is 13.0 Å². The van der Waals surface area contributed by atoms with Gasteiger partial charge in [-0.3, -0.25) is 4.79 Å². The average molecular weight is 493 g/mol. The third kappa shape index (κ3) is 4.65. The average Bonchev–Trinajstić information content (AvgIpc) is 3.26. The number of halogens is 1. The number of nitrogens with zero attached hydrogens (tertiary/aromatic N) is 1. The van der Waals surface area contributed by atoms with Crippen LogP contribution in [-0.4, -0.2) is 36.1 Å². The number of hydrogen-bond acceptors (Lipinski definition) is 3. The summed E-state index contributed by atoms with van der Waals surface area (Å²) in [6, 6.07) is 23.2. The molecular formula is C26H25BrN2O3. The lowest BCUT2D eigenvalue weighted by Gasteiger charge is -2.31. The monoisotopic (exact) mass is 492 g/mol. The molecule has 3 aromatic carbocycles. The first kappa shape index (κ1) is 22.0. The Bertz CT molecular complexity index is 1190. The van der Waals surface area contributed by atoms with Crippen LogP contribution in [0.2, 0.25) is 0 Å². The molecule has 1 atom stereocenters. The van der Waals surface area contributed by atoms with Gasteiger partial charge in [0, 0.05) is 33.7 Å². The van der Waals surface area contributed by atoms with E-state index in [9.17, 15) is 4.79 Å². The summed E-state index contributed by atoms with van der Waals surface area (Å²) in [5.74, 6) is 1.35. The van der Waals surface area contributed by atoms with Crippen LogP contribution in [0.4, 0.5) is 0 Å². The van der Waals surface area contributed by atoms with Gasteiger partial charge in [-0.1, -0.05) is 46.3 Å². The summed E-state index contributed by atoms with van der Waals surface area (Å²) in [5.41, 5.74) is 3.09. The van der Waals surface area contributed by atoms with Gasteiger partial charge in [0.2, 0.25) is 0 Å². The van der Waals surface area contributed by atoms with Gasteiger partial charge >= 0.3 is 0 Å². The minimum Gasteiger partial charge on any atom is -0.497 e. The quantitative estimate of drug-likeness (QED) is 0.330. The van der Waals surface area contributed by atoms with Crippen LogP contribution < -0.4 is 9.47 Å². The fraction of sp³-hybridized carbons (Fsp3) is 0.192. The zero-order valence-corrected chi connectivity index (χ0v) is 19.6. The summed E-state index contributed by atoms with van der Waals surface area (Å²) < 4.78 is 12.1. The van der Waals surface area contributed by atoms with Crippen molar-refractivity contribution in [3.05, 3.63) is 94.6 Å². The molecule has 1 amide bonds. The number of methoxy groups -OCH3 is 1. The zero-order chi connectivity index (χ0) is 22.5. The molecule has 1 unspecified atom stereocenters. The van der Waals surface area contributed by atoms with E-state index in [1.165, 1.54) is 0 Å². The van der Waals surface area contributed by atoms with E-state index >= 15 is 0 Å². The maximum Gasteiger partial charge on any atom is 0.261 e. The molecule has 1 aromatic heterocycles. The van der Waals surface area contributed by atoms with E-state index in [2.05, 4.69) is 27.0 Å². The number of carbonyl (C=O) groups is 1. The number of nitrogens with one attached hydrogen (secondary N) is 1. The third-order valence-corrected chi connectivity index (χ3v) is 6.02. The molecule has 0 fully saturated rings. The smallest absolute Gasteiger partial charge is 0.261 e. The van der Waals surface area contributed by atoms with Crippen molar-refractivity contribution >= 4 is 32.7 Å². The standard InChI is InChI=1S/C26H25BrN2O3/c1-3-29(25(30)17-32-21-14-10-19(27)11-15-21)26(18-8-12-20(31-2)13-9-18)23-16-28-24-7-5-4-6-22(23)24/h4-16,26,28H,3,17H2,1-2H3. The summed E-state index contributed by atoms with van der Waals surface area (Å²) in [7, 11) is 1.65. The topological polar surface area (TPSA) is 54.6 Å². The Morgan fingerprint density at radius 2 is 1.69 bits per heavy atom. The number of rotatable bonds is 8. The first-order chi connectivity index (χ1) is 15.6. The van der Waals surface area contributed by atoms with Crippen LogP contribution in [0.5, 0.6) is 11.5 Å². The Morgan fingerprint density at radius 3 is 2.38 bits per heavy atom. The van der Waals surface area contributed by atoms with Crippen LogP contribution in [0.3, 0.4) is 0 Å². The number of aromatic amines is 1. The summed E-state index contributed by atoms with van der Waals surface area (Å²) in [4.78, 5) is 18.5. The van der Waals surface area contributed by atoms with E-state index < -0.39 is 0 Å². The highest BCUT2D eigenvalue weighted by Gasteiger charge is 2.28. The molecule has 1 N–H and O–H groups in total. The first-order valence-electron chi connectivity index (χ1n) is 10.5. The molecule has 0 aliphatic heterocycles. The van der Waals surface area contributed by atoms with E-state index in [0.717, 1.165) is 32.3 Å². The molecule has 0 bridgehead atoms. The van der Waals surface area contributed by atoms with Gasteiger partial charge in [-0.05, 0) is 55.0 Å². The highest BCUT2D eigenvalue weighted by atomic mass is 79.9. The minimum atomic E-state index is -0.261. The Kier molecular flexibility index (Phi) is 6.81. The second-order valence-corrected chi connectivity index (χ2v) is 8.30. The van der Waals surface area contributed by atoms with Gasteiger partial charge in [-0.2, -0.15) is 0 Å². The number of fused-ring (bicyclic) bond motifs is 1. The third-order valence-electron chi connectivity index (χ3n) is 5.50. The van der Waals surface area contributed by atoms with Crippen molar-refractivity contribution < 1.29 is 14.3 Å². The lowest BCUT2D eigenvalue weighted by molar-refractivity contribution is -0.134. The van der Waals surface area contributed by atoms with E-state index in [1.54, 1.807) is 7.11 Å². The predicted octanol–water partition coefficient (Wildman–Crippen LogP) is 5.96. The van der Waals surface area contributed by atoms with E-state index in [-0.39, 0.29) is 18.6 Å². The van der Waals surface area contributed by atoms with Gasteiger partial charge in [-0.15, -0.1) is 0 Å². The van der Waals surface area contributed by atoms with E-state index in [4.69, 9.17) is 9.47 Å². The molecule has 164 valence electrons. The Balaban J connectivity index is 1.68. The van der Waals surface area contributed by atoms with Crippen molar-refractivity contribution in [3.8, 4) is 11.5 Å². The first-order valence-corrected chi connectivity index (χ1v) is 11.3. The lowest BCUT2D eigenvalue weighted by Crippen LogP contribution is -2.38. The normalized spacial score (nSPS) is 11.8. The molecule has 6 heteroatoms. The van der Waals surface area contributed by atoms with Gasteiger partial charge in [0.05, 0.1) is 13.2 Å². The lowest BCUT2D eigenvalue weighted by atomic mass is 9.96. The van der Waals surface area contributed by atoms with Crippen molar-refractivity contribution in [3.63, 3.8) is 0 Å². The fourth-order valence-corrected chi connectivity index (χ4v) is 4.16. The molecule has 4 aromatic rings. The molecule has 0 spiro atoms. The Hall–Kier alpha value is -3.25. The number of benzene rings is 3. The van der Waals surface area contributed by atoms with Crippen LogP contribution in [0.15, 0.2) is 83.5 Å². The fourth-order valence-electron chi connectivity index (χ4n) is 3.90. The molecular weight excluding hydrogens is 468 g/mol. The molecule has 0 radical (unpaired) electrons. The van der Waals surface area contributed by atoms with Gasteiger partial charge in [0.25, 0.3) is 5.91 Å². The zero-order valence-electron chi connectivity index (χ0n) is 18.0. The van der Waals surface area contributed by atoms with E-state index in [0.29, 0.717) is 12.3 Å². The minimum absolute atomic E-state index is 0.0372. The maximum atomic E-state index is 13.3. The number of amides is 1. The molecule has 0 saturated heterocycles.